The van der Waals surface area contributed by atoms with Crippen molar-refractivity contribution in [3.8, 4) is 0 Å². The van der Waals surface area contributed by atoms with Gasteiger partial charge in [0.05, 0.1) is 0 Å². The Balaban J connectivity index is 4.93. The number of esters is 2. The molecule has 7 heteroatoms. The van der Waals surface area contributed by atoms with E-state index in [0.29, 0.717) is 19.6 Å². The molecule has 0 aliphatic heterocycles. The van der Waals surface area contributed by atoms with Gasteiger partial charge in [0, 0.05) is 19.1 Å². The number of carbonyl (C=O) groups is 2. The van der Waals surface area contributed by atoms with Crippen molar-refractivity contribution in [2.45, 2.75) is 118 Å². The molecule has 4 N–H and O–H groups in total. The van der Waals surface area contributed by atoms with Gasteiger partial charge in [-0.2, -0.15) is 0 Å². The fraction of sp³-hybridized carbons (Fsp3) is 0.913. The summed E-state index contributed by atoms with van der Waals surface area (Å²) in [4.78, 5) is 24.8. The monoisotopic (exact) mass is 429 g/mol. The molecule has 0 amide bonds. The third-order valence-electron chi connectivity index (χ3n) is 4.44. The van der Waals surface area contributed by atoms with Gasteiger partial charge in [-0.1, -0.05) is 27.2 Å². The first-order chi connectivity index (χ1) is 13.5. The maximum absolute atomic E-state index is 12.7. The Labute approximate surface area is 184 Å². The zero-order valence-electron chi connectivity index (χ0n) is 20.8. The number of carbonyl (C=O) groups excluding carboxylic acids is 2. The first kappa shape index (κ1) is 28.8. The summed E-state index contributed by atoms with van der Waals surface area (Å²) in [6.07, 6.45) is 3.53. The molecule has 0 rings (SSSR count). The molecular formula is C23H47N3O4. The molecule has 0 unspecified atom stereocenters. The summed E-state index contributed by atoms with van der Waals surface area (Å²) in [5.41, 5.74) is 4.56. The van der Waals surface area contributed by atoms with E-state index in [4.69, 9.17) is 15.2 Å². The zero-order chi connectivity index (χ0) is 23.6. The molecule has 0 radical (unpaired) electrons. The van der Waals surface area contributed by atoms with Crippen LogP contribution in [0.4, 0.5) is 0 Å². The smallest absolute Gasteiger partial charge is 0.323 e. The van der Waals surface area contributed by atoms with E-state index >= 15 is 0 Å². The van der Waals surface area contributed by atoms with Crippen LogP contribution in [0.15, 0.2) is 0 Å². The molecule has 0 aliphatic rings. The Bertz CT molecular complexity index is 516. The lowest BCUT2D eigenvalue weighted by Gasteiger charge is -2.33. The average molecular weight is 430 g/mol. The molecule has 0 bridgehead atoms. The lowest BCUT2D eigenvalue weighted by molar-refractivity contribution is -0.158. The van der Waals surface area contributed by atoms with Crippen molar-refractivity contribution >= 4 is 11.9 Å². The van der Waals surface area contributed by atoms with E-state index in [-0.39, 0.29) is 29.8 Å². The van der Waals surface area contributed by atoms with E-state index in [1.165, 1.54) is 0 Å². The van der Waals surface area contributed by atoms with Crippen molar-refractivity contribution in [2.75, 3.05) is 13.2 Å². The van der Waals surface area contributed by atoms with Gasteiger partial charge in [0.25, 0.3) is 0 Å². The van der Waals surface area contributed by atoms with Gasteiger partial charge in [0.15, 0.2) is 0 Å². The van der Waals surface area contributed by atoms with Crippen LogP contribution in [0, 0.1) is 5.41 Å². The molecule has 0 fully saturated rings. The minimum Gasteiger partial charge on any atom is -0.460 e. The van der Waals surface area contributed by atoms with Crippen LogP contribution in [0.3, 0.4) is 0 Å². The topological polar surface area (TPSA) is 103 Å². The minimum absolute atomic E-state index is 0.0776. The molecule has 0 aromatic heterocycles. The molecular weight excluding hydrogens is 382 g/mol. The van der Waals surface area contributed by atoms with Gasteiger partial charge in [-0.05, 0) is 72.8 Å². The van der Waals surface area contributed by atoms with Crippen LogP contribution in [0.5, 0.6) is 0 Å². The summed E-state index contributed by atoms with van der Waals surface area (Å²) < 4.78 is 10.9. The van der Waals surface area contributed by atoms with Crippen molar-refractivity contribution in [3.05, 3.63) is 0 Å². The fourth-order valence-electron chi connectivity index (χ4n) is 2.97. The zero-order valence-corrected chi connectivity index (χ0v) is 20.8. The lowest BCUT2D eigenvalue weighted by Crippen LogP contribution is -2.50. The largest absolute Gasteiger partial charge is 0.460 e. The molecule has 0 aromatic carbocycles. The van der Waals surface area contributed by atoms with E-state index in [2.05, 4.69) is 31.4 Å². The summed E-state index contributed by atoms with van der Waals surface area (Å²) >= 11 is 0. The highest BCUT2D eigenvalue weighted by Crippen LogP contribution is 2.23. The standard InChI is InChI=1S/C23H47N3O4/c1-21(2,3)18(12-10-11-15-24)26-16-25-17(20(28)30-23(7,8)9)13-14-19(27)29-22(4,5)6/h17-18,25-26H,10-16,24H2,1-9H3/t17-,18-/m0/s1. The van der Waals surface area contributed by atoms with E-state index in [1.54, 1.807) is 0 Å². The van der Waals surface area contributed by atoms with E-state index in [9.17, 15) is 9.59 Å². The molecule has 178 valence electrons. The predicted molar refractivity (Wildman–Crippen MR) is 122 cm³/mol. The molecule has 30 heavy (non-hydrogen) atoms. The Morgan fingerprint density at radius 3 is 1.87 bits per heavy atom. The van der Waals surface area contributed by atoms with Crippen molar-refractivity contribution in [1.82, 2.24) is 10.6 Å². The third-order valence-corrected chi connectivity index (χ3v) is 4.44. The van der Waals surface area contributed by atoms with E-state index in [1.807, 2.05) is 41.5 Å². The maximum atomic E-state index is 12.7. The molecule has 0 spiro atoms. The quantitative estimate of drug-likeness (QED) is 0.248. The fourth-order valence-corrected chi connectivity index (χ4v) is 2.97. The average Bonchev–Trinajstić information content (AvgIpc) is 2.51. The first-order valence-corrected chi connectivity index (χ1v) is 11.2. The molecule has 0 aliphatic carbocycles. The number of hydrogen-bond donors (Lipinski definition) is 3. The van der Waals surface area contributed by atoms with Crippen LogP contribution in [0.25, 0.3) is 0 Å². The highest BCUT2D eigenvalue weighted by Gasteiger charge is 2.28. The Hall–Kier alpha value is -1.18. The number of ether oxygens (including phenoxy) is 2. The van der Waals surface area contributed by atoms with Crippen LogP contribution >= 0.6 is 0 Å². The number of unbranched alkanes of at least 4 members (excludes halogenated alkanes) is 1. The van der Waals surface area contributed by atoms with Crippen molar-refractivity contribution < 1.29 is 19.1 Å². The summed E-state index contributed by atoms with van der Waals surface area (Å²) in [5.74, 6) is -0.677. The molecule has 7 nitrogen and oxygen atoms in total. The Kier molecular flexibility index (Phi) is 12.1. The second kappa shape index (κ2) is 12.6. The van der Waals surface area contributed by atoms with Gasteiger partial charge in [0.1, 0.15) is 17.2 Å². The van der Waals surface area contributed by atoms with Gasteiger partial charge in [-0.3, -0.25) is 14.9 Å². The molecule has 0 saturated carbocycles. The molecule has 0 saturated heterocycles. The van der Waals surface area contributed by atoms with Crippen molar-refractivity contribution in [1.29, 1.82) is 0 Å². The van der Waals surface area contributed by atoms with Crippen LogP contribution in [-0.2, 0) is 19.1 Å². The van der Waals surface area contributed by atoms with Gasteiger partial charge in [-0.15, -0.1) is 0 Å². The van der Waals surface area contributed by atoms with Gasteiger partial charge < -0.3 is 20.5 Å². The van der Waals surface area contributed by atoms with Crippen LogP contribution in [0.1, 0.15) is 94.4 Å². The Morgan fingerprint density at radius 2 is 1.40 bits per heavy atom. The van der Waals surface area contributed by atoms with Gasteiger partial charge in [0.2, 0.25) is 0 Å². The Morgan fingerprint density at radius 1 is 0.833 bits per heavy atom. The maximum Gasteiger partial charge on any atom is 0.323 e. The van der Waals surface area contributed by atoms with Crippen molar-refractivity contribution in [3.63, 3.8) is 0 Å². The second-order valence-corrected chi connectivity index (χ2v) is 11.0. The normalized spacial score (nSPS) is 14.9. The summed E-state index contributed by atoms with van der Waals surface area (Å²) in [7, 11) is 0. The molecule has 0 heterocycles. The second-order valence-electron chi connectivity index (χ2n) is 11.0. The van der Waals surface area contributed by atoms with Gasteiger partial charge in [-0.25, -0.2) is 0 Å². The van der Waals surface area contributed by atoms with Crippen molar-refractivity contribution in [2.24, 2.45) is 11.1 Å². The summed E-state index contributed by atoms with van der Waals surface area (Å²) in [5, 5.41) is 6.75. The van der Waals surface area contributed by atoms with Crippen LogP contribution < -0.4 is 16.4 Å². The third kappa shape index (κ3) is 14.7. The number of rotatable bonds is 12. The lowest BCUT2D eigenvalue weighted by atomic mass is 9.84. The summed E-state index contributed by atoms with van der Waals surface area (Å²) in [6, 6.07) is -0.310. The predicted octanol–water partition coefficient (Wildman–Crippen LogP) is 3.50. The van der Waals surface area contributed by atoms with E-state index in [0.717, 1.165) is 19.3 Å². The van der Waals surface area contributed by atoms with Crippen LogP contribution in [-0.4, -0.2) is 48.4 Å². The summed E-state index contributed by atoms with van der Waals surface area (Å²) in [6.45, 7) is 18.7. The highest BCUT2D eigenvalue weighted by atomic mass is 16.6. The SMILES string of the molecule is CC(C)(C)OC(=O)CC[C@H](NCN[C@@H](CCCCN)C(C)(C)C)C(=O)OC(C)(C)C. The molecule has 2 atom stereocenters. The molecule has 0 aromatic rings. The van der Waals surface area contributed by atoms with Crippen LogP contribution in [0.2, 0.25) is 0 Å². The first-order valence-electron chi connectivity index (χ1n) is 11.2. The number of nitrogens with one attached hydrogen (secondary N) is 2. The number of hydrogen-bond acceptors (Lipinski definition) is 7. The number of nitrogens with two attached hydrogens (primary N) is 1. The van der Waals surface area contributed by atoms with E-state index < -0.39 is 17.2 Å². The minimum atomic E-state index is -0.591. The van der Waals surface area contributed by atoms with Gasteiger partial charge >= 0.3 is 11.9 Å². The highest BCUT2D eigenvalue weighted by molar-refractivity contribution is 5.77.